The Morgan fingerprint density at radius 3 is 2.63 bits per heavy atom. The van der Waals surface area contributed by atoms with Crippen molar-refractivity contribution in [3.05, 3.63) is 59.3 Å². The predicted molar refractivity (Wildman–Crippen MR) is 133 cm³/mol. The maximum Gasteiger partial charge on any atom is 0.435 e. The van der Waals surface area contributed by atoms with Crippen LogP contribution in [0.4, 0.5) is 10.5 Å². The van der Waals surface area contributed by atoms with E-state index in [1.54, 1.807) is 40.8 Å². The van der Waals surface area contributed by atoms with Gasteiger partial charge in [0.05, 0.1) is 17.6 Å². The van der Waals surface area contributed by atoms with Crippen LogP contribution < -0.4 is 5.32 Å². The predicted octanol–water partition coefficient (Wildman–Crippen LogP) is 5.35. The first kappa shape index (κ1) is 22.8. The third kappa shape index (κ3) is 4.66. The first-order valence-corrected chi connectivity index (χ1v) is 11.6. The average molecular weight is 473 g/mol. The molecule has 0 aromatic carbocycles. The Balaban J connectivity index is 1.37. The number of carbonyl (C=O) groups excluding carboxylic acids is 2. The molecule has 9 nitrogen and oxygen atoms in total. The van der Waals surface area contributed by atoms with Crippen molar-refractivity contribution in [1.82, 2.24) is 24.7 Å². The van der Waals surface area contributed by atoms with Gasteiger partial charge in [-0.15, -0.1) is 0 Å². The number of pyridine rings is 2. The molecule has 180 valence electrons. The summed E-state index contributed by atoms with van der Waals surface area (Å²) in [6.07, 6.45) is 5.20. The number of nitrogens with one attached hydrogen (secondary N) is 2. The van der Waals surface area contributed by atoms with Gasteiger partial charge in [-0.05, 0) is 71.7 Å². The topological polar surface area (TPSA) is 115 Å². The minimum Gasteiger partial charge on any atom is -0.442 e. The molecule has 0 radical (unpaired) electrons. The molecule has 0 atom stereocenters. The number of amides is 1. The Hall–Kier alpha value is -4.01. The zero-order chi connectivity index (χ0) is 24.9. The van der Waals surface area contributed by atoms with Crippen LogP contribution in [-0.2, 0) is 4.74 Å². The molecule has 1 aliphatic rings. The molecule has 0 saturated heterocycles. The van der Waals surface area contributed by atoms with Crippen LogP contribution in [0.5, 0.6) is 0 Å². The summed E-state index contributed by atoms with van der Waals surface area (Å²) in [6, 6.07) is 7.97. The zero-order valence-electron chi connectivity index (χ0n) is 20.5. The van der Waals surface area contributed by atoms with Gasteiger partial charge < -0.3 is 15.0 Å². The molecule has 1 fully saturated rings. The molecule has 1 saturated carbocycles. The minimum atomic E-state index is -0.669. The quantitative estimate of drug-likeness (QED) is 0.414. The fourth-order valence-corrected chi connectivity index (χ4v) is 3.93. The van der Waals surface area contributed by atoms with Crippen molar-refractivity contribution >= 4 is 28.7 Å². The standard InChI is InChI=1S/C26H28N6O3/c1-14-15(2)32(25(34)35-26(3,4)5)31-22(14)24(33)29-19-10-18-12-21(30-23(18)28-13-19)17-8-9-27-20(11-17)16-6-7-16/h8-13,16H,6-7H2,1-5H3,(H,28,30)(H,29,33). The number of carbonyl (C=O) groups is 2. The first-order valence-electron chi connectivity index (χ1n) is 11.6. The number of fused-ring (bicyclic) bond motifs is 1. The fraction of sp³-hybridized carbons (Fsp3) is 0.346. The summed E-state index contributed by atoms with van der Waals surface area (Å²) in [5.74, 6) is 0.151. The van der Waals surface area contributed by atoms with Gasteiger partial charge in [0.1, 0.15) is 11.2 Å². The molecule has 1 amide bonds. The summed E-state index contributed by atoms with van der Waals surface area (Å²) in [5.41, 5.74) is 5.04. The van der Waals surface area contributed by atoms with Gasteiger partial charge in [-0.2, -0.15) is 9.78 Å². The van der Waals surface area contributed by atoms with Gasteiger partial charge in [0.15, 0.2) is 5.69 Å². The molecule has 4 aromatic rings. The van der Waals surface area contributed by atoms with E-state index in [4.69, 9.17) is 4.74 Å². The average Bonchev–Trinajstić information content (AvgIpc) is 3.49. The van der Waals surface area contributed by atoms with Gasteiger partial charge in [0.2, 0.25) is 0 Å². The maximum absolute atomic E-state index is 13.0. The Kier molecular flexibility index (Phi) is 5.42. The van der Waals surface area contributed by atoms with Crippen molar-refractivity contribution in [2.75, 3.05) is 5.32 Å². The number of nitrogens with zero attached hydrogens (tertiary/aromatic N) is 4. The summed E-state index contributed by atoms with van der Waals surface area (Å²) in [5, 5.41) is 7.94. The van der Waals surface area contributed by atoms with Crippen LogP contribution in [0.1, 0.15) is 67.0 Å². The van der Waals surface area contributed by atoms with Crippen molar-refractivity contribution in [3.63, 3.8) is 0 Å². The highest BCUT2D eigenvalue weighted by Gasteiger charge is 2.26. The van der Waals surface area contributed by atoms with Crippen LogP contribution in [0.15, 0.2) is 36.7 Å². The number of aromatic nitrogens is 5. The first-order chi connectivity index (χ1) is 16.6. The Morgan fingerprint density at radius 1 is 1.14 bits per heavy atom. The summed E-state index contributed by atoms with van der Waals surface area (Å²) in [6.45, 7) is 8.82. The van der Waals surface area contributed by atoms with Gasteiger partial charge in [-0.1, -0.05) is 0 Å². The summed E-state index contributed by atoms with van der Waals surface area (Å²) in [7, 11) is 0. The smallest absolute Gasteiger partial charge is 0.435 e. The van der Waals surface area contributed by atoms with E-state index in [0.29, 0.717) is 22.9 Å². The summed E-state index contributed by atoms with van der Waals surface area (Å²) in [4.78, 5) is 37.8. The third-order valence-corrected chi connectivity index (χ3v) is 6.01. The van der Waals surface area contributed by atoms with E-state index in [2.05, 4.69) is 31.4 Å². The van der Waals surface area contributed by atoms with Gasteiger partial charge in [0.25, 0.3) is 5.91 Å². The molecular weight excluding hydrogens is 444 g/mol. The highest BCUT2D eigenvalue weighted by atomic mass is 16.6. The highest BCUT2D eigenvalue weighted by molar-refractivity contribution is 6.05. The molecule has 0 spiro atoms. The highest BCUT2D eigenvalue weighted by Crippen LogP contribution is 2.40. The van der Waals surface area contributed by atoms with E-state index in [1.165, 1.54) is 12.8 Å². The molecule has 0 unspecified atom stereocenters. The lowest BCUT2D eigenvalue weighted by molar-refractivity contribution is 0.0510. The molecule has 9 heteroatoms. The molecule has 0 aliphatic heterocycles. The van der Waals surface area contributed by atoms with Crippen LogP contribution in [0, 0.1) is 13.8 Å². The fourth-order valence-electron chi connectivity index (χ4n) is 3.93. The number of ether oxygens (including phenoxy) is 1. The van der Waals surface area contributed by atoms with Crippen molar-refractivity contribution in [1.29, 1.82) is 0 Å². The van der Waals surface area contributed by atoms with E-state index < -0.39 is 17.6 Å². The second-order valence-electron chi connectivity index (χ2n) is 9.99. The lowest BCUT2D eigenvalue weighted by Gasteiger charge is -2.19. The summed E-state index contributed by atoms with van der Waals surface area (Å²) >= 11 is 0. The van der Waals surface area contributed by atoms with Gasteiger partial charge >= 0.3 is 6.09 Å². The Bertz CT molecular complexity index is 1460. The van der Waals surface area contributed by atoms with E-state index in [1.807, 2.05) is 24.4 Å². The normalized spacial score (nSPS) is 13.7. The third-order valence-electron chi connectivity index (χ3n) is 6.01. The second kappa shape index (κ2) is 8.33. The van der Waals surface area contributed by atoms with Crippen LogP contribution in [0.3, 0.4) is 0 Å². The summed E-state index contributed by atoms with van der Waals surface area (Å²) < 4.78 is 6.52. The van der Waals surface area contributed by atoms with Gasteiger partial charge in [-0.25, -0.2) is 9.78 Å². The molecule has 35 heavy (non-hydrogen) atoms. The lowest BCUT2D eigenvalue weighted by atomic mass is 10.1. The zero-order valence-corrected chi connectivity index (χ0v) is 20.5. The van der Waals surface area contributed by atoms with E-state index in [0.717, 1.165) is 32.7 Å². The SMILES string of the molecule is Cc1c(C(=O)Nc2cnc3[nH]c(-c4ccnc(C5CC5)c4)cc3c2)nn(C(=O)OC(C)(C)C)c1C. The molecule has 0 bridgehead atoms. The van der Waals surface area contributed by atoms with Crippen LogP contribution >= 0.6 is 0 Å². The molecule has 5 rings (SSSR count). The van der Waals surface area contributed by atoms with E-state index in [-0.39, 0.29) is 5.69 Å². The van der Waals surface area contributed by atoms with Crippen molar-refractivity contribution < 1.29 is 14.3 Å². The number of hydrogen-bond donors (Lipinski definition) is 2. The largest absolute Gasteiger partial charge is 0.442 e. The second-order valence-corrected chi connectivity index (χ2v) is 9.99. The molecule has 4 heterocycles. The molecular formula is C26H28N6O3. The Morgan fingerprint density at radius 2 is 1.91 bits per heavy atom. The number of aromatic amines is 1. The van der Waals surface area contributed by atoms with Crippen molar-refractivity contribution in [2.45, 2.75) is 59.0 Å². The minimum absolute atomic E-state index is 0.160. The van der Waals surface area contributed by atoms with Crippen LogP contribution in [0.2, 0.25) is 0 Å². The van der Waals surface area contributed by atoms with Gasteiger partial charge in [0, 0.05) is 40.0 Å². The number of anilines is 1. The van der Waals surface area contributed by atoms with Gasteiger partial charge in [-0.3, -0.25) is 9.78 Å². The van der Waals surface area contributed by atoms with E-state index >= 15 is 0 Å². The van der Waals surface area contributed by atoms with Crippen molar-refractivity contribution in [2.24, 2.45) is 0 Å². The molecule has 4 aromatic heterocycles. The molecule has 1 aliphatic carbocycles. The van der Waals surface area contributed by atoms with Crippen molar-refractivity contribution in [3.8, 4) is 11.3 Å². The van der Waals surface area contributed by atoms with Crippen LogP contribution in [0.25, 0.3) is 22.3 Å². The number of hydrogen-bond acceptors (Lipinski definition) is 6. The van der Waals surface area contributed by atoms with Crippen LogP contribution in [-0.4, -0.2) is 42.3 Å². The molecule has 2 N–H and O–H groups in total. The van der Waals surface area contributed by atoms with E-state index in [9.17, 15) is 9.59 Å². The number of H-pyrrole nitrogens is 1. The monoisotopic (exact) mass is 472 g/mol. The lowest BCUT2D eigenvalue weighted by Crippen LogP contribution is -2.28. The Labute approximate surface area is 202 Å². The maximum atomic E-state index is 13.0. The number of rotatable bonds is 4.